The lowest BCUT2D eigenvalue weighted by Gasteiger charge is -2.26. The summed E-state index contributed by atoms with van der Waals surface area (Å²) in [5.74, 6) is 0.711. The number of carbonyl (C=O) groups is 1. The number of hydrogen-bond donors (Lipinski definition) is 0. The number of benzene rings is 2. The molecule has 0 N–H and O–H groups in total. The first-order valence-electron chi connectivity index (χ1n) is 7.63. The van der Waals surface area contributed by atoms with E-state index in [1.54, 1.807) is 0 Å². The minimum absolute atomic E-state index is 0.0177. The standard InChI is InChI=1S/C19H18BrNO2/c20-17-8-4-5-9-18(17)23-14-19(22)21-12-10-16(11-13-21)15-6-2-1-3-7-15/h1-10H,11-14H2. The molecule has 0 radical (unpaired) electrons. The van der Waals surface area contributed by atoms with Gasteiger partial charge in [-0.25, -0.2) is 0 Å². The van der Waals surface area contributed by atoms with Crippen molar-refractivity contribution in [1.29, 1.82) is 0 Å². The molecule has 0 bridgehead atoms. The van der Waals surface area contributed by atoms with Gasteiger partial charge in [0.1, 0.15) is 5.75 Å². The summed E-state index contributed by atoms with van der Waals surface area (Å²) < 4.78 is 6.46. The Balaban J connectivity index is 1.56. The molecule has 1 aliphatic rings. The normalized spacial score (nSPS) is 14.3. The van der Waals surface area contributed by atoms with Crippen LogP contribution in [0.1, 0.15) is 12.0 Å². The van der Waals surface area contributed by atoms with E-state index in [9.17, 15) is 4.79 Å². The Labute approximate surface area is 144 Å². The second-order valence-corrected chi connectivity index (χ2v) is 6.26. The fourth-order valence-electron chi connectivity index (χ4n) is 2.60. The molecule has 0 aromatic heterocycles. The lowest BCUT2D eigenvalue weighted by Crippen LogP contribution is -2.37. The Morgan fingerprint density at radius 1 is 1.09 bits per heavy atom. The SMILES string of the molecule is O=C(COc1ccccc1Br)N1CC=C(c2ccccc2)CC1. The lowest BCUT2D eigenvalue weighted by molar-refractivity contribution is -0.132. The zero-order chi connectivity index (χ0) is 16.1. The maximum absolute atomic E-state index is 12.3. The highest BCUT2D eigenvalue weighted by molar-refractivity contribution is 9.10. The van der Waals surface area contributed by atoms with Crippen LogP contribution < -0.4 is 4.74 Å². The molecular weight excluding hydrogens is 354 g/mol. The quantitative estimate of drug-likeness (QED) is 0.807. The largest absolute Gasteiger partial charge is 0.483 e. The van der Waals surface area contributed by atoms with Gasteiger partial charge in [-0.1, -0.05) is 48.5 Å². The van der Waals surface area contributed by atoms with Crippen molar-refractivity contribution in [3.63, 3.8) is 0 Å². The molecule has 118 valence electrons. The zero-order valence-corrected chi connectivity index (χ0v) is 14.3. The number of amides is 1. The molecule has 1 heterocycles. The van der Waals surface area contributed by atoms with Crippen LogP contribution in [0.15, 0.2) is 65.1 Å². The summed E-state index contributed by atoms with van der Waals surface area (Å²) in [6, 6.07) is 17.9. The minimum atomic E-state index is 0.0177. The molecule has 23 heavy (non-hydrogen) atoms. The maximum Gasteiger partial charge on any atom is 0.260 e. The van der Waals surface area contributed by atoms with Gasteiger partial charge in [0, 0.05) is 13.1 Å². The molecule has 0 saturated carbocycles. The van der Waals surface area contributed by atoms with Crippen LogP contribution in [-0.2, 0) is 4.79 Å². The van der Waals surface area contributed by atoms with Crippen molar-refractivity contribution < 1.29 is 9.53 Å². The van der Waals surface area contributed by atoms with Gasteiger partial charge in [-0.15, -0.1) is 0 Å². The van der Waals surface area contributed by atoms with Crippen LogP contribution in [0.25, 0.3) is 5.57 Å². The molecule has 1 amide bonds. The Morgan fingerprint density at radius 2 is 1.83 bits per heavy atom. The van der Waals surface area contributed by atoms with Crippen LogP contribution >= 0.6 is 15.9 Å². The molecule has 3 nitrogen and oxygen atoms in total. The third kappa shape index (κ3) is 4.02. The Kier molecular flexibility index (Phi) is 5.13. The highest BCUT2D eigenvalue weighted by atomic mass is 79.9. The average Bonchev–Trinajstić information content (AvgIpc) is 2.62. The summed E-state index contributed by atoms with van der Waals surface area (Å²) in [5.41, 5.74) is 2.55. The number of hydrogen-bond acceptors (Lipinski definition) is 2. The van der Waals surface area contributed by atoms with E-state index in [2.05, 4.69) is 34.1 Å². The van der Waals surface area contributed by atoms with Crippen LogP contribution in [0.2, 0.25) is 0 Å². The first kappa shape index (κ1) is 15.8. The molecule has 4 heteroatoms. The van der Waals surface area contributed by atoms with Gasteiger partial charge in [0.2, 0.25) is 0 Å². The second kappa shape index (κ2) is 7.47. The average molecular weight is 372 g/mol. The van der Waals surface area contributed by atoms with Crippen LogP contribution in [0.4, 0.5) is 0 Å². The fourth-order valence-corrected chi connectivity index (χ4v) is 3.00. The van der Waals surface area contributed by atoms with Gasteiger partial charge in [0.05, 0.1) is 4.47 Å². The molecule has 0 aliphatic carbocycles. The zero-order valence-electron chi connectivity index (χ0n) is 12.7. The van der Waals surface area contributed by atoms with Crippen molar-refractivity contribution in [3.05, 3.63) is 70.7 Å². The van der Waals surface area contributed by atoms with E-state index >= 15 is 0 Å². The molecule has 3 rings (SSSR count). The highest BCUT2D eigenvalue weighted by Gasteiger charge is 2.18. The predicted molar refractivity (Wildman–Crippen MR) is 95.3 cm³/mol. The maximum atomic E-state index is 12.3. The van der Waals surface area contributed by atoms with Gasteiger partial charge in [0.25, 0.3) is 5.91 Å². The van der Waals surface area contributed by atoms with Crippen molar-refractivity contribution in [1.82, 2.24) is 4.90 Å². The van der Waals surface area contributed by atoms with Gasteiger partial charge in [-0.2, -0.15) is 0 Å². The first-order chi connectivity index (χ1) is 11.2. The molecule has 0 saturated heterocycles. The van der Waals surface area contributed by atoms with Crippen LogP contribution in [-0.4, -0.2) is 30.5 Å². The van der Waals surface area contributed by atoms with E-state index in [0.29, 0.717) is 12.3 Å². The minimum Gasteiger partial charge on any atom is -0.483 e. The van der Waals surface area contributed by atoms with Crippen molar-refractivity contribution in [2.24, 2.45) is 0 Å². The van der Waals surface area contributed by atoms with Crippen LogP contribution in [0.5, 0.6) is 5.75 Å². The van der Waals surface area contributed by atoms with Crippen molar-refractivity contribution >= 4 is 27.4 Å². The molecule has 2 aromatic carbocycles. The van der Waals surface area contributed by atoms with Gasteiger partial charge < -0.3 is 9.64 Å². The van der Waals surface area contributed by atoms with Gasteiger partial charge in [-0.3, -0.25) is 4.79 Å². The summed E-state index contributed by atoms with van der Waals surface area (Å²) in [6.07, 6.45) is 3.01. The van der Waals surface area contributed by atoms with Crippen molar-refractivity contribution in [2.45, 2.75) is 6.42 Å². The highest BCUT2D eigenvalue weighted by Crippen LogP contribution is 2.24. The smallest absolute Gasteiger partial charge is 0.260 e. The summed E-state index contributed by atoms with van der Waals surface area (Å²) in [5, 5.41) is 0. The third-order valence-corrected chi connectivity index (χ3v) is 4.55. The van der Waals surface area contributed by atoms with Crippen molar-refractivity contribution in [3.8, 4) is 5.75 Å². The molecule has 0 atom stereocenters. The topological polar surface area (TPSA) is 29.5 Å². The van der Waals surface area contributed by atoms with Gasteiger partial charge >= 0.3 is 0 Å². The van der Waals surface area contributed by atoms with Gasteiger partial charge in [-0.05, 0) is 45.6 Å². The van der Waals surface area contributed by atoms with Crippen LogP contribution in [0, 0.1) is 0 Å². The molecular formula is C19H18BrNO2. The van der Waals surface area contributed by atoms with Crippen molar-refractivity contribution in [2.75, 3.05) is 19.7 Å². The fraction of sp³-hybridized carbons (Fsp3) is 0.211. The van der Waals surface area contributed by atoms with E-state index in [0.717, 1.165) is 17.4 Å². The summed E-state index contributed by atoms with van der Waals surface area (Å²) >= 11 is 3.42. The number of nitrogens with zero attached hydrogens (tertiary/aromatic N) is 1. The van der Waals surface area contributed by atoms with E-state index in [4.69, 9.17) is 4.74 Å². The second-order valence-electron chi connectivity index (χ2n) is 5.40. The number of para-hydroxylation sites is 1. The predicted octanol–water partition coefficient (Wildman–Crippen LogP) is 4.14. The molecule has 1 aliphatic heterocycles. The molecule has 0 unspecified atom stereocenters. The first-order valence-corrected chi connectivity index (χ1v) is 8.43. The molecule has 0 fully saturated rings. The van der Waals surface area contributed by atoms with E-state index < -0.39 is 0 Å². The summed E-state index contributed by atoms with van der Waals surface area (Å²) in [6.45, 7) is 1.44. The third-order valence-electron chi connectivity index (χ3n) is 3.89. The van der Waals surface area contributed by atoms with E-state index in [1.165, 1.54) is 11.1 Å². The summed E-state index contributed by atoms with van der Waals surface area (Å²) in [7, 11) is 0. The summed E-state index contributed by atoms with van der Waals surface area (Å²) in [4.78, 5) is 14.1. The Hall–Kier alpha value is -2.07. The number of halogens is 1. The van der Waals surface area contributed by atoms with Crippen LogP contribution in [0.3, 0.4) is 0 Å². The lowest BCUT2D eigenvalue weighted by atomic mass is 10.00. The number of rotatable bonds is 4. The molecule has 2 aromatic rings. The monoisotopic (exact) mass is 371 g/mol. The van der Waals surface area contributed by atoms with Gasteiger partial charge in [0.15, 0.2) is 6.61 Å². The van der Waals surface area contributed by atoms with E-state index in [-0.39, 0.29) is 12.5 Å². The molecule has 0 spiro atoms. The number of carbonyl (C=O) groups excluding carboxylic acids is 1. The van der Waals surface area contributed by atoms with E-state index in [1.807, 2.05) is 47.4 Å². The Bertz CT molecular complexity index is 712. The number of ether oxygens (including phenoxy) is 1. The Morgan fingerprint density at radius 3 is 2.52 bits per heavy atom.